The van der Waals surface area contributed by atoms with Crippen molar-refractivity contribution < 1.29 is 14.3 Å². The Bertz CT molecular complexity index is 948. The molecule has 3 aromatic carbocycles. The van der Waals surface area contributed by atoms with E-state index < -0.39 is 0 Å². The zero-order chi connectivity index (χ0) is 17.9. The minimum absolute atomic E-state index is 0.122. The van der Waals surface area contributed by atoms with Crippen LogP contribution < -0.4 is 10.1 Å². The van der Waals surface area contributed by atoms with E-state index >= 15 is 0 Å². The summed E-state index contributed by atoms with van der Waals surface area (Å²) >= 11 is 6.07. The highest BCUT2D eigenvalue weighted by Gasteiger charge is 2.24. The minimum atomic E-state index is -0.216. The fourth-order valence-corrected chi connectivity index (χ4v) is 3.04. The first-order valence-electron chi connectivity index (χ1n) is 8.49. The maximum absolute atomic E-state index is 12.7. The quantitative estimate of drug-likeness (QED) is 0.664. The van der Waals surface area contributed by atoms with Crippen molar-refractivity contribution in [3.05, 3.63) is 76.8 Å². The van der Waals surface area contributed by atoms with Gasteiger partial charge in [-0.2, -0.15) is 0 Å². The predicted octanol–water partition coefficient (Wildman–Crippen LogP) is 4.20. The van der Waals surface area contributed by atoms with E-state index in [9.17, 15) is 4.79 Å². The van der Waals surface area contributed by atoms with Gasteiger partial charge in [-0.15, -0.1) is 0 Å². The molecule has 1 fully saturated rings. The number of rotatable bonds is 6. The third-order valence-corrected chi connectivity index (χ3v) is 4.57. The van der Waals surface area contributed by atoms with Crippen LogP contribution in [0.2, 0.25) is 5.02 Å². The van der Waals surface area contributed by atoms with Crippen LogP contribution in [0.25, 0.3) is 10.8 Å². The highest BCUT2D eigenvalue weighted by Crippen LogP contribution is 2.25. The summed E-state index contributed by atoms with van der Waals surface area (Å²) in [6.07, 6.45) is 0.122. The monoisotopic (exact) mass is 367 g/mol. The molecule has 1 aliphatic rings. The molecule has 3 aromatic rings. The van der Waals surface area contributed by atoms with E-state index in [1.54, 1.807) is 18.2 Å². The summed E-state index contributed by atoms with van der Waals surface area (Å²) in [6, 6.07) is 19.2. The van der Waals surface area contributed by atoms with Gasteiger partial charge in [-0.3, -0.25) is 4.79 Å². The molecule has 0 spiro atoms. The van der Waals surface area contributed by atoms with Crippen LogP contribution in [0.4, 0.5) is 0 Å². The Hall–Kier alpha value is -2.56. The van der Waals surface area contributed by atoms with Crippen LogP contribution in [0.15, 0.2) is 60.7 Å². The first-order valence-corrected chi connectivity index (χ1v) is 8.87. The van der Waals surface area contributed by atoms with Gasteiger partial charge in [0.05, 0.1) is 12.2 Å². The minimum Gasteiger partial charge on any atom is -0.490 e. The van der Waals surface area contributed by atoms with E-state index in [0.717, 1.165) is 16.3 Å². The molecule has 0 aliphatic carbocycles. The molecule has 4 rings (SSSR count). The van der Waals surface area contributed by atoms with Crippen molar-refractivity contribution in [2.75, 3.05) is 13.2 Å². The lowest BCUT2D eigenvalue weighted by molar-refractivity contribution is 0.0946. The van der Waals surface area contributed by atoms with Crippen molar-refractivity contribution in [3.63, 3.8) is 0 Å². The highest BCUT2D eigenvalue weighted by molar-refractivity contribution is 6.31. The average molecular weight is 368 g/mol. The Morgan fingerprint density at radius 1 is 1.15 bits per heavy atom. The summed E-state index contributed by atoms with van der Waals surface area (Å²) < 4.78 is 10.9. The van der Waals surface area contributed by atoms with Crippen LogP contribution >= 0.6 is 11.6 Å². The number of epoxide rings is 1. The molecule has 1 N–H and O–H groups in total. The number of hydrogen-bond donors (Lipinski definition) is 1. The van der Waals surface area contributed by atoms with Crippen LogP contribution in [0, 0.1) is 0 Å². The standard InChI is InChI=1S/C21H18ClNO3/c22-16-8-9-20(26-13-17-12-25-17)19(10-16)21(24)23-11-15-6-3-5-14-4-1-2-7-18(14)15/h1-10,17H,11-13H2,(H,23,24). The van der Waals surface area contributed by atoms with Crippen molar-refractivity contribution in [2.24, 2.45) is 0 Å². The molecular weight excluding hydrogens is 350 g/mol. The molecule has 1 saturated heterocycles. The maximum Gasteiger partial charge on any atom is 0.255 e. The topological polar surface area (TPSA) is 50.9 Å². The van der Waals surface area contributed by atoms with Crippen LogP contribution in [0.3, 0.4) is 0 Å². The summed E-state index contributed by atoms with van der Waals surface area (Å²) in [6.45, 7) is 1.57. The van der Waals surface area contributed by atoms with Crippen LogP contribution in [-0.2, 0) is 11.3 Å². The van der Waals surface area contributed by atoms with Gasteiger partial charge in [0.1, 0.15) is 18.5 Å². The molecule has 0 radical (unpaired) electrons. The fourth-order valence-electron chi connectivity index (χ4n) is 2.87. The Balaban J connectivity index is 1.51. The van der Waals surface area contributed by atoms with Crippen molar-refractivity contribution in [1.29, 1.82) is 0 Å². The summed E-state index contributed by atoms with van der Waals surface area (Å²) in [5.74, 6) is 0.299. The molecule has 0 saturated carbocycles. The van der Waals surface area contributed by atoms with Crippen molar-refractivity contribution in [2.45, 2.75) is 12.6 Å². The number of fused-ring (bicyclic) bond motifs is 1. The van der Waals surface area contributed by atoms with Gasteiger partial charge in [-0.1, -0.05) is 54.1 Å². The van der Waals surface area contributed by atoms with Gasteiger partial charge in [0, 0.05) is 11.6 Å². The van der Waals surface area contributed by atoms with E-state index in [4.69, 9.17) is 21.1 Å². The Kier molecular flexibility index (Phi) is 4.78. The Labute approximate surface area is 156 Å². The van der Waals surface area contributed by atoms with Gasteiger partial charge in [-0.25, -0.2) is 0 Å². The van der Waals surface area contributed by atoms with E-state index in [1.165, 1.54) is 0 Å². The molecular formula is C21H18ClNO3. The molecule has 0 aromatic heterocycles. The van der Waals surface area contributed by atoms with E-state index in [-0.39, 0.29) is 12.0 Å². The second kappa shape index (κ2) is 7.36. The number of benzene rings is 3. The molecule has 0 bridgehead atoms. The number of halogens is 1. The first kappa shape index (κ1) is 16.9. The lowest BCUT2D eigenvalue weighted by Gasteiger charge is -2.12. The third-order valence-electron chi connectivity index (χ3n) is 4.33. The van der Waals surface area contributed by atoms with Crippen LogP contribution in [0.1, 0.15) is 15.9 Å². The SMILES string of the molecule is O=C(NCc1cccc2ccccc12)c1cc(Cl)ccc1OCC1CO1. The molecule has 1 heterocycles. The number of amides is 1. The number of carbonyl (C=O) groups excluding carboxylic acids is 1. The summed E-state index contributed by atoms with van der Waals surface area (Å²) in [5, 5.41) is 5.74. The summed E-state index contributed by atoms with van der Waals surface area (Å²) in [5.41, 5.74) is 1.49. The molecule has 1 amide bonds. The highest BCUT2D eigenvalue weighted by atomic mass is 35.5. The Morgan fingerprint density at radius 2 is 1.96 bits per heavy atom. The van der Waals surface area contributed by atoms with Gasteiger partial charge in [0.25, 0.3) is 5.91 Å². The van der Waals surface area contributed by atoms with Crippen LogP contribution in [-0.4, -0.2) is 25.2 Å². The Morgan fingerprint density at radius 3 is 2.81 bits per heavy atom. The molecule has 132 valence electrons. The second-order valence-electron chi connectivity index (χ2n) is 6.23. The normalized spacial score (nSPS) is 15.7. The van der Waals surface area contributed by atoms with Crippen molar-refractivity contribution >= 4 is 28.3 Å². The van der Waals surface area contributed by atoms with E-state index in [1.807, 2.05) is 24.3 Å². The lowest BCUT2D eigenvalue weighted by atomic mass is 10.0. The maximum atomic E-state index is 12.7. The van der Waals surface area contributed by atoms with Crippen molar-refractivity contribution in [3.8, 4) is 5.75 Å². The van der Waals surface area contributed by atoms with Gasteiger partial charge >= 0.3 is 0 Å². The lowest BCUT2D eigenvalue weighted by Crippen LogP contribution is -2.24. The van der Waals surface area contributed by atoms with Gasteiger partial charge in [-0.05, 0) is 34.5 Å². The number of carbonyl (C=O) groups is 1. The number of ether oxygens (including phenoxy) is 2. The van der Waals surface area contributed by atoms with Crippen molar-refractivity contribution in [1.82, 2.24) is 5.32 Å². The summed E-state index contributed by atoms with van der Waals surface area (Å²) in [7, 11) is 0. The fraction of sp³-hybridized carbons (Fsp3) is 0.190. The van der Waals surface area contributed by atoms with E-state index in [0.29, 0.717) is 36.1 Å². The van der Waals surface area contributed by atoms with Gasteiger partial charge in [0.15, 0.2) is 0 Å². The number of nitrogens with one attached hydrogen (secondary N) is 1. The second-order valence-corrected chi connectivity index (χ2v) is 6.66. The average Bonchev–Trinajstić information content (AvgIpc) is 3.49. The predicted molar refractivity (Wildman–Crippen MR) is 102 cm³/mol. The summed E-state index contributed by atoms with van der Waals surface area (Å²) in [4.78, 5) is 12.7. The molecule has 1 unspecified atom stereocenters. The van der Waals surface area contributed by atoms with Gasteiger partial charge in [0.2, 0.25) is 0 Å². The number of hydrogen-bond acceptors (Lipinski definition) is 3. The molecule has 1 aliphatic heterocycles. The molecule has 1 atom stereocenters. The molecule has 4 nitrogen and oxygen atoms in total. The largest absolute Gasteiger partial charge is 0.490 e. The first-order chi connectivity index (χ1) is 12.7. The zero-order valence-corrected chi connectivity index (χ0v) is 14.8. The van der Waals surface area contributed by atoms with Gasteiger partial charge < -0.3 is 14.8 Å². The smallest absolute Gasteiger partial charge is 0.255 e. The van der Waals surface area contributed by atoms with E-state index in [2.05, 4.69) is 23.5 Å². The molecule has 26 heavy (non-hydrogen) atoms. The van der Waals surface area contributed by atoms with Crippen LogP contribution in [0.5, 0.6) is 5.75 Å². The zero-order valence-electron chi connectivity index (χ0n) is 14.1. The third kappa shape index (κ3) is 3.82. The molecule has 5 heteroatoms.